The molecule has 9 heteroatoms. The predicted octanol–water partition coefficient (Wildman–Crippen LogP) is 4.19. The number of piperazine rings is 1. The molecule has 0 saturated carbocycles. The summed E-state index contributed by atoms with van der Waals surface area (Å²) < 4.78 is 18.9. The molecule has 0 radical (unpaired) electrons. The maximum atomic E-state index is 13.9. The number of nitrogens with one attached hydrogen (secondary N) is 1. The van der Waals surface area contributed by atoms with E-state index in [-0.39, 0.29) is 16.7 Å². The standard InChI is InChI=1S/C20H19ClFN5O2/c1-13-23-19(25-29-13)14-5-7-15(8-6-14)26-9-11-27(12-10-26)20(28)24-18-16(21)3-2-4-17(18)22/h2-8H,9-12H2,1H3,(H,24,28). The predicted molar refractivity (Wildman–Crippen MR) is 109 cm³/mol. The number of carbonyl (C=O) groups excluding carboxylic acids is 1. The van der Waals surface area contributed by atoms with Gasteiger partial charge in [0.2, 0.25) is 11.7 Å². The third kappa shape index (κ3) is 4.17. The number of carbonyl (C=O) groups is 1. The first-order chi connectivity index (χ1) is 14.0. The molecule has 1 N–H and O–H groups in total. The summed E-state index contributed by atoms with van der Waals surface area (Å²) in [6.07, 6.45) is 0. The molecule has 2 amide bonds. The van der Waals surface area contributed by atoms with Gasteiger partial charge in [0, 0.05) is 44.4 Å². The van der Waals surface area contributed by atoms with E-state index < -0.39 is 5.82 Å². The highest BCUT2D eigenvalue weighted by atomic mass is 35.5. The van der Waals surface area contributed by atoms with E-state index in [2.05, 4.69) is 20.4 Å². The Kier molecular flexibility index (Phi) is 5.35. The molecule has 2 heterocycles. The molecule has 1 fully saturated rings. The van der Waals surface area contributed by atoms with Crippen molar-refractivity contribution in [2.45, 2.75) is 6.92 Å². The van der Waals surface area contributed by atoms with Crippen molar-refractivity contribution in [1.82, 2.24) is 15.0 Å². The van der Waals surface area contributed by atoms with E-state index in [0.717, 1.165) is 11.3 Å². The first-order valence-electron chi connectivity index (χ1n) is 9.17. The Bertz CT molecular complexity index is 996. The van der Waals surface area contributed by atoms with Crippen LogP contribution >= 0.6 is 11.6 Å². The number of anilines is 2. The molecule has 7 nitrogen and oxygen atoms in total. The van der Waals surface area contributed by atoms with Gasteiger partial charge in [-0.2, -0.15) is 4.98 Å². The van der Waals surface area contributed by atoms with Crippen LogP contribution in [0.2, 0.25) is 5.02 Å². The molecule has 0 unspecified atom stereocenters. The largest absolute Gasteiger partial charge is 0.368 e. The topological polar surface area (TPSA) is 74.5 Å². The number of hydrogen-bond donors (Lipinski definition) is 1. The van der Waals surface area contributed by atoms with E-state index >= 15 is 0 Å². The Balaban J connectivity index is 1.36. The van der Waals surface area contributed by atoms with Crippen LogP contribution in [-0.2, 0) is 0 Å². The summed E-state index contributed by atoms with van der Waals surface area (Å²) in [5.41, 5.74) is 1.94. The maximum absolute atomic E-state index is 13.9. The van der Waals surface area contributed by atoms with E-state index in [1.807, 2.05) is 24.3 Å². The lowest BCUT2D eigenvalue weighted by molar-refractivity contribution is 0.208. The van der Waals surface area contributed by atoms with Crippen molar-refractivity contribution in [1.29, 1.82) is 0 Å². The number of halogens is 2. The van der Waals surface area contributed by atoms with Crippen LogP contribution in [-0.4, -0.2) is 47.3 Å². The number of nitrogens with zero attached hydrogens (tertiary/aromatic N) is 4. The smallest absolute Gasteiger partial charge is 0.322 e. The molecule has 0 aliphatic carbocycles. The van der Waals surface area contributed by atoms with Crippen LogP contribution in [0.15, 0.2) is 47.0 Å². The highest BCUT2D eigenvalue weighted by Gasteiger charge is 2.23. The third-order valence-corrected chi connectivity index (χ3v) is 5.09. The number of aromatic nitrogens is 2. The number of urea groups is 1. The number of hydrogen-bond acceptors (Lipinski definition) is 5. The van der Waals surface area contributed by atoms with Crippen LogP contribution in [0, 0.1) is 12.7 Å². The van der Waals surface area contributed by atoms with E-state index in [9.17, 15) is 9.18 Å². The first-order valence-corrected chi connectivity index (χ1v) is 9.55. The second-order valence-electron chi connectivity index (χ2n) is 6.68. The van der Waals surface area contributed by atoms with Crippen LogP contribution < -0.4 is 10.2 Å². The zero-order valence-electron chi connectivity index (χ0n) is 15.7. The third-order valence-electron chi connectivity index (χ3n) is 4.78. The minimum absolute atomic E-state index is 0.00823. The van der Waals surface area contributed by atoms with Gasteiger partial charge >= 0.3 is 6.03 Å². The van der Waals surface area contributed by atoms with Crippen LogP contribution in [0.1, 0.15) is 5.89 Å². The fraction of sp³-hybridized carbons (Fsp3) is 0.250. The number of benzene rings is 2. The molecule has 0 atom stereocenters. The molecule has 150 valence electrons. The average molecular weight is 416 g/mol. The van der Waals surface area contributed by atoms with Crippen LogP contribution in [0.3, 0.4) is 0 Å². The van der Waals surface area contributed by atoms with E-state index in [0.29, 0.717) is 37.9 Å². The molecule has 4 rings (SSSR count). The summed E-state index contributed by atoms with van der Waals surface area (Å²) in [5, 5.41) is 6.66. The van der Waals surface area contributed by atoms with Crippen molar-refractivity contribution in [3.8, 4) is 11.4 Å². The lowest BCUT2D eigenvalue weighted by Crippen LogP contribution is -2.50. The summed E-state index contributed by atoms with van der Waals surface area (Å²) in [6.45, 7) is 4.12. The Hall–Kier alpha value is -3.13. The van der Waals surface area contributed by atoms with Crippen molar-refractivity contribution in [2.24, 2.45) is 0 Å². The molecule has 2 aromatic carbocycles. The average Bonchev–Trinajstić information content (AvgIpc) is 3.17. The molecular weight excluding hydrogens is 397 g/mol. The van der Waals surface area contributed by atoms with Crippen LogP contribution in [0.5, 0.6) is 0 Å². The minimum Gasteiger partial charge on any atom is -0.368 e. The number of rotatable bonds is 3. The molecule has 1 aromatic heterocycles. The Morgan fingerprint density at radius 3 is 2.48 bits per heavy atom. The number of amides is 2. The Labute approximate surface area is 172 Å². The van der Waals surface area contributed by atoms with Crippen LogP contribution in [0.25, 0.3) is 11.4 Å². The van der Waals surface area contributed by atoms with Crippen molar-refractivity contribution in [3.05, 3.63) is 59.2 Å². The SMILES string of the molecule is Cc1nc(-c2ccc(N3CCN(C(=O)Nc4c(F)cccc4Cl)CC3)cc2)no1. The zero-order valence-corrected chi connectivity index (χ0v) is 16.5. The number of para-hydroxylation sites is 1. The van der Waals surface area contributed by atoms with E-state index in [1.165, 1.54) is 18.2 Å². The lowest BCUT2D eigenvalue weighted by Gasteiger charge is -2.36. The van der Waals surface area contributed by atoms with Gasteiger partial charge in [-0.3, -0.25) is 0 Å². The number of aryl methyl sites for hydroxylation is 1. The zero-order chi connectivity index (χ0) is 20.4. The van der Waals surface area contributed by atoms with E-state index in [4.69, 9.17) is 16.1 Å². The summed E-state index contributed by atoms with van der Waals surface area (Å²) in [5.74, 6) is 0.527. The van der Waals surface area contributed by atoms with Crippen molar-refractivity contribution >= 4 is 29.0 Å². The van der Waals surface area contributed by atoms with Crippen molar-refractivity contribution < 1.29 is 13.7 Å². The highest BCUT2D eigenvalue weighted by molar-refractivity contribution is 6.33. The summed E-state index contributed by atoms with van der Waals surface area (Å²) in [6, 6.07) is 11.8. The van der Waals surface area contributed by atoms with Crippen molar-refractivity contribution in [2.75, 3.05) is 36.4 Å². The monoisotopic (exact) mass is 415 g/mol. The molecule has 29 heavy (non-hydrogen) atoms. The fourth-order valence-corrected chi connectivity index (χ4v) is 3.42. The summed E-state index contributed by atoms with van der Waals surface area (Å²) in [7, 11) is 0. The maximum Gasteiger partial charge on any atom is 0.322 e. The minimum atomic E-state index is -0.554. The molecule has 0 spiro atoms. The lowest BCUT2D eigenvalue weighted by atomic mass is 10.1. The molecule has 1 aliphatic heterocycles. The normalized spacial score (nSPS) is 14.2. The van der Waals surface area contributed by atoms with Gasteiger partial charge in [-0.25, -0.2) is 9.18 Å². The summed E-state index contributed by atoms with van der Waals surface area (Å²) >= 11 is 5.98. The summed E-state index contributed by atoms with van der Waals surface area (Å²) in [4.78, 5) is 20.5. The van der Waals surface area contributed by atoms with Gasteiger partial charge < -0.3 is 19.6 Å². The quantitative estimate of drug-likeness (QED) is 0.694. The fourth-order valence-electron chi connectivity index (χ4n) is 3.21. The van der Waals surface area contributed by atoms with Gasteiger partial charge in [0.25, 0.3) is 0 Å². The first kappa shape index (κ1) is 19.2. The van der Waals surface area contributed by atoms with Gasteiger partial charge in [0.15, 0.2) is 0 Å². The van der Waals surface area contributed by atoms with Gasteiger partial charge in [-0.05, 0) is 36.4 Å². The molecule has 1 saturated heterocycles. The molecular formula is C20H19ClFN5O2. The van der Waals surface area contributed by atoms with Gasteiger partial charge in [0.1, 0.15) is 5.82 Å². The molecule has 1 aliphatic rings. The van der Waals surface area contributed by atoms with Crippen molar-refractivity contribution in [3.63, 3.8) is 0 Å². The highest BCUT2D eigenvalue weighted by Crippen LogP contribution is 2.26. The Morgan fingerprint density at radius 1 is 1.14 bits per heavy atom. The molecule has 0 bridgehead atoms. The second-order valence-corrected chi connectivity index (χ2v) is 7.09. The molecule has 3 aromatic rings. The second kappa shape index (κ2) is 8.08. The Morgan fingerprint density at radius 2 is 1.86 bits per heavy atom. The van der Waals surface area contributed by atoms with E-state index in [1.54, 1.807) is 11.8 Å². The van der Waals surface area contributed by atoms with Gasteiger partial charge in [-0.1, -0.05) is 22.8 Å². The van der Waals surface area contributed by atoms with Gasteiger partial charge in [0.05, 0.1) is 10.7 Å². The van der Waals surface area contributed by atoms with Gasteiger partial charge in [-0.15, -0.1) is 0 Å². The van der Waals surface area contributed by atoms with Crippen LogP contribution in [0.4, 0.5) is 20.6 Å².